The van der Waals surface area contributed by atoms with Gasteiger partial charge in [-0.3, -0.25) is 0 Å². The van der Waals surface area contributed by atoms with Crippen LogP contribution in [0, 0.1) is 0 Å². The fraction of sp³-hybridized carbons (Fsp3) is 0. The van der Waals surface area contributed by atoms with Crippen molar-refractivity contribution in [2.75, 3.05) is 0 Å². The molecule has 0 bridgehead atoms. The van der Waals surface area contributed by atoms with Crippen molar-refractivity contribution in [3.8, 4) is 21.7 Å². The largest absolute Gasteiger partial charge is 0.341 e. The lowest BCUT2D eigenvalue weighted by Crippen LogP contribution is -1.94. The van der Waals surface area contributed by atoms with Crippen LogP contribution in [0.25, 0.3) is 83.4 Å². The fourth-order valence-electron chi connectivity index (χ4n) is 6.72. The average Bonchev–Trinajstić information content (AvgIpc) is 3.62. The first-order valence-electron chi connectivity index (χ1n) is 14.0. The van der Waals surface area contributed by atoms with Gasteiger partial charge >= 0.3 is 0 Å². The zero-order valence-corrected chi connectivity index (χ0v) is 25.7. The first-order valence-corrected chi connectivity index (χ1v) is 18.4. The van der Waals surface area contributed by atoms with Crippen LogP contribution < -0.4 is 0 Å². The van der Waals surface area contributed by atoms with Crippen LogP contribution in [0.1, 0.15) is 0 Å². The van der Waals surface area contributed by atoms with E-state index in [1.807, 2.05) is 22.7 Å². The molecule has 0 amide bonds. The van der Waals surface area contributed by atoms with Crippen molar-refractivity contribution in [3.63, 3.8) is 0 Å². The molecule has 2 atom stereocenters. The summed E-state index contributed by atoms with van der Waals surface area (Å²) in [5.41, 5.74) is 5.24. The van der Waals surface area contributed by atoms with Gasteiger partial charge in [0.25, 0.3) is 0 Å². The van der Waals surface area contributed by atoms with Gasteiger partial charge in [-0.05, 0) is 63.9 Å². The quantitative estimate of drug-likeness (QED) is 0.183. The fourth-order valence-corrected chi connectivity index (χ4v) is 14.2. The number of aromatic nitrogens is 2. The van der Waals surface area contributed by atoms with E-state index in [1.165, 1.54) is 83.4 Å². The van der Waals surface area contributed by atoms with Crippen molar-refractivity contribution in [3.05, 3.63) is 121 Å². The molecule has 2 unspecified atom stereocenters. The molecule has 2 N–H and O–H groups in total. The Morgan fingerprint density at radius 3 is 1.40 bits per heavy atom. The minimum atomic E-state index is -0.794. The summed E-state index contributed by atoms with van der Waals surface area (Å²) in [6, 6.07) is 45.2. The van der Waals surface area contributed by atoms with Gasteiger partial charge in [-0.2, -0.15) is 0 Å². The Morgan fingerprint density at radius 2 is 0.857 bits per heavy atom. The summed E-state index contributed by atoms with van der Waals surface area (Å²) in [6.07, 6.45) is 0. The molecule has 0 saturated carbocycles. The van der Waals surface area contributed by atoms with Crippen LogP contribution in [-0.4, -0.2) is 9.49 Å². The van der Waals surface area contributed by atoms with Gasteiger partial charge in [0, 0.05) is 72.3 Å². The lowest BCUT2D eigenvalue weighted by molar-refractivity contribution is 1.54. The van der Waals surface area contributed by atoms with E-state index in [2.05, 4.69) is 131 Å². The molecule has 198 valence electrons. The Bertz CT molecular complexity index is 2480. The number of rotatable bonds is 2. The monoisotopic (exact) mass is 608 g/mol. The van der Waals surface area contributed by atoms with Crippen molar-refractivity contribution in [2.24, 2.45) is 0 Å². The smallest absolute Gasteiger partial charge is 0.0514 e. The highest BCUT2D eigenvalue weighted by atomic mass is 32.1. The third kappa shape index (κ3) is 3.16. The Kier molecular flexibility index (Phi) is 4.89. The first kappa shape index (κ1) is 23.5. The number of benzene rings is 6. The van der Waals surface area contributed by atoms with Gasteiger partial charge in [-0.25, -0.2) is 0 Å². The standard InChI is InChI=1S/C36H22N2P2S2/c1-3-19-31-21(9-1)23-11-5-17-29(35(23)41-31)39-27-15-8-16-28-34(27)33-25(37-39)13-7-14-26(33)38-40(28)30-18-6-12-24-22-10-2-4-20-32(22)42-36(24)30/h1-20,37-38H. The summed E-state index contributed by atoms with van der Waals surface area (Å²) in [5, 5.41) is 11.1. The number of hydrogen-bond donors (Lipinski definition) is 2. The Hall–Kier alpha value is -4.04. The molecule has 6 aromatic carbocycles. The molecule has 2 nitrogen and oxygen atoms in total. The molecule has 10 rings (SSSR count). The van der Waals surface area contributed by atoms with Gasteiger partial charge in [0.05, 0.1) is 11.0 Å². The number of hydrogen-bond acceptors (Lipinski definition) is 2. The van der Waals surface area contributed by atoms with Crippen molar-refractivity contribution < 1.29 is 0 Å². The SMILES string of the molecule is c1cc2[nH]p(-c3cccc4c3sc3ccccc34)c3cccc4c3-c2c(c1)[nH]p4-c1cccc2c1sc1ccccc12. The molecule has 2 aliphatic rings. The van der Waals surface area contributed by atoms with E-state index < -0.39 is 15.4 Å². The molecule has 0 spiro atoms. The van der Waals surface area contributed by atoms with Crippen LogP contribution in [0.5, 0.6) is 0 Å². The van der Waals surface area contributed by atoms with Crippen molar-refractivity contribution >= 4 is 99.7 Å². The van der Waals surface area contributed by atoms with Crippen molar-refractivity contribution in [1.29, 1.82) is 0 Å². The lowest BCUT2D eigenvalue weighted by Gasteiger charge is -2.23. The Morgan fingerprint density at radius 1 is 0.405 bits per heavy atom. The predicted molar refractivity (Wildman–Crippen MR) is 189 cm³/mol. The van der Waals surface area contributed by atoms with Crippen LogP contribution >= 0.6 is 38.1 Å². The molecular formula is C36H22N2P2S2. The molecule has 8 aromatic rings. The third-order valence-electron chi connectivity index (χ3n) is 8.53. The number of aromatic amines is 2. The first-order chi connectivity index (χ1) is 20.8. The van der Waals surface area contributed by atoms with Gasteiger partial charge in [0.15, 0.2) is 0 Å². The Balaban J connectivity index is 1.35. The molecule has 2 aliphatic heterocycles. The van der Waals surface area contributed by atoms with E-state index in [4.69, 9.17) is 0 Å². The second kappa shape index (κ2) is 8.74. The number of thiophene rings is 2. The second-order valence-corrected chi connectivity index (χ2v) is 16.6. The molecule has 0 aliphatic carbocycles. The summed E-state index contributed by atoms with van der Waals surface area (Å²) in [4.78, 5) is 0. The van der Waals surface area contributed by atoms with Crippen LogP contribution in [0.15, 0.2) is 121 Å². The van der Waals surface area contributed by atoms with E-state index in [0.29, 0.717) is 0 Å². The summed E-state index contributed by atoms with van der Waals surface area (Å²) in [5.74, 6) is 0. The molecule has 4 heterocycles. The summed E-state index contributed by atoms with van der Waals surface area (Å²) < 4.78 is 13.6. The second-order valence-electron chi connectivity index (χ2n) is 10.8. The maximum Gasteiger partial charge on any atom is 0.0514 e. The molecule has 0 fully saturated rings. The van der Waals surface area contributed by atoms with E-state index in [9.17, 15) is 0 Å². The zero-order chi connectivity index (χ0) is 27.4. The minimum Gasteiger partial charge on any atom is -0.341 e. The van der Waals surface area contributed by atoms with E-state index in [-0.39, 0.29) is 0 Å². The highest BCUT2D eigenvalue weighted by Crippen LogP contribution is 2.59. The Labute approximate surface area is 251 Å². The van der Waals surface area contributed by atoms with E-state index >= 15 is 0 Å². The van der Waals surface area contributed by atoms with Gasteiger partial charge in [0.1, 0.15) is 0 Å². The summed E-state index contributed by atoms with van der Waals surface area (Å²) in [7, 11) is -1.59. The highest BCUT2D eigenvalue weighted by Gasteiger charge is 2.23. The van der Waals surface area contributed by atoms with E-state index in [0.717, 1.165) is 0 Å². The lowest BCUT2D eigenvalue weighted by atomic mass is 10.0. The third-order valence-corrected chi connectivity index (χ3v) is 15.6. The van der Waals surface area contributed by atoms with Crippen LogP contribution in [0.4, 0.5) is 0 Å². The normalized spacial score (nSPS) is 13.1. The van der Waals surface area contributed by atoms with Crippen LogP contribution in [0.3, 0.4) is 0 Å². The molecule has 0 radical (unpaired) electrons. The summed E-state index contributed by atoms with van der Waals surface area (Å²) in [6.45, 7) is 0. The molecule has 6 heteroatoms. The van der Waals surface area contributed by atoms with Crippen molar-refractivity contribution in [1.82, 2.24) is 9.49 Å². The molecular weight excluding hydrogens is 586 g/mol. The molecule has 2 aromatic heterocycles. The van der Waals surface area contributed by atoms with Gasteiger partial charge in [0.2, 0.25) is 0 Å². The maximum atomic E-state index is 4.05. The zero-order valence-electron chi connectivity index (χ0n) is 22.3. The van der Waals surface area contributed by atoms with Crippen LogP contribution in [-0.2, 0) is 0 Å². The highest BCUT2D eigenvalue weighted by molar-refractivity contribution is 7.62. The number of nitrogens with one attached hydrogen (secondary N) is 2. The predicted octanol–water partition coefficient (Wildman–Crippen LogP) is 13.0. The van der Waals surface area contributed by atoms with Crippen LogP contribution in [0.2, 0.25) is 0 Å². The topological polar surface area (TPSA) is 31.6 Å². The van der Waals surface area contributed by atoms with Gasteiger partial charge < -0.3 is 9.49 Å². The number of fused-ring (bicyclic) bond motifs is 6. The maximum absolute atomic E-state index is 4.05. The average molecular weight is 609 g/mol. The van der Waals surface area contributed by atoms with Crippen molar-refractivity contribution in [2.45, 2.75) is 0 Å². The number of H-pyrrole nitrogens is 2. The minimum absolute atomic E-state index is 0.794. The molecule has 42 heavy (non-hydrogen) atoms. The van der Waals surface area contributed by atoms with Gasteiger partial charge in [-0.1, -0.05) is 72.8 Å². The van der Waals surface area contributed by atoms with E-state index in [1.54, 1.807) is 0 Å². The molecule has 0 saturated heterocycles. The van der Waals surface area contributed by atoms with Gasteiger partial charge in [-0.15, -0.1) is 22.7 Å². The summed E-state index contributed by atoms with van der Waals surface area (Å²) >= 11 is 3.86.